The fraction of sp³-hybridized carbons (Fsp3) is 0.333. The van der Waals surface area contributed by atoms with E-state index in [-0.39, 0.29) is 5.91 Å². The van der Waals surface area contributed by atoms with E-state index in [1.54, 1.807) is 43.3 Å². The number of hydrogen-bond acceptors (Lipinski definition) is 6. The maximum absolute atomic E-state index is 12.5. The van der Waals surface area contributed by atoms with Crippen LogP contribution in [0.5, 0.6) is 5.75 Å². The number of nitrogens with one attached hydrogen (secondary N) is 3. The van der Waals surface area contributed by atoms with Gasteiger partial charge in [0.2, 0.25) is 15.9 Å². The van der Waals surface area contributed by atoms with Crippen molar-refractivity contribution in [2.45, 2.75) is 6.04 Å². The second kappa shape index (κ2) is 7.53. The Balaban J connectivity index is 2.20. The molecule has 0 spiro atoms. The van der Waals surface area contributed by atoms with Crippen molar-refractivity contribution < 1.29 is 17.9 Å². The number of carbonyl (C=O) groups is 1. The van der Waals surface area contributed by atoms with Crippen LogP contribution in [0.15, 0.2) is 30.6 Å². The Morgan fingerprint density at radius 2 is 2.08 bits per heavy atom. The molecule has 0 saturated carbocycles. The first-order valence-electron chi connectivity index (χ1n) is 7.36. The molecule has 1 heterocycles. The summed E-state index contributed by atoms with van der Waals surface area (Å²) < 4.78 is 31.9. The molecule has 0 saturated heterocycles. The van der Waals surface area contributed by atoms with Gasteiger partial charge in [0.25, 0.3) is 0 Å². The van der Waals surface area contributed by atoms with Crippen molar-refractivity contribution >= 4 is 27.3 Å². The van der Waals surface area contributed by atoms with E-state index in [0.717, 1.165) is 11.8 Å². The van der Waals surface area contributed by atoms with Gasteiger partial charge in [0, 0.05) is 30.6 Å². The van der Waals surface area contributed by atoms with Crippen LogP contribution in [-0.4, -0.2) is 44.5 Å². The zero-order valence-corrected chi connectivity index (χ0v) is 15.2. The summed E-state index contributed by atoms with van der Waals surface area (Å²) in [4.78, 5) is 12.5. The van der Waals surface area contributed by atoms with E-state index in [1.807, 2.05) is 0 Å². The molecule has 1 amide bonds. The summed E-state index contributed by atoms with van der Waals surface area (Å²) in [7, 11) is 1.43. The van der Waals surface area contributed by atoms with Crippen molar-refractivity contribution in [1.82, 2.24) is 15.1 Å². The SMILES string of the molecule is CNC(C(=O)Nc1ccc(NS(C)(=O)=O)c(OC)c1)c1cnn(C)c1. The average Bonchev–Trinajstić information content (AvgIpc) is 2.94. The summed E-state index contributed by atoms with van der Waals surface area (Å²) >= 11 is 0. The molecule has 2 aromatic rings. The predicted molar refractivity (Wildman–Crippen MR) is 95.1 cm³/mol. The number of aromatic nitrogens is 2. The van der Waals surface area contributed by atoms with Gasteiger partial charge in [-0.2, -0.15) is 5.10 Å². The van der Waals surface area contributed by atoms with Crippen molar-refractivity contribution in [3.05, 3.63) is 36.2 Å². The fourth-order valence-corrected chi connectivity index (χ4v) is 2.87. The molecule has 2 rings (SSSR count). The quantitative estimate of drug-likeness (QED) is 0.664. The zero-order valence-electron chi connectivity index (χ0n) is 14.4. The summed E-state index contributed by atoms with van der Waals surface area (Å²) in [5.74, 6) is 0.0204. The number of sulfonamides is 1. The van der Waals surface area contributed by atoms with Gasteiger partial charge in [0.1, 0.15) is 11.8 Å². The Labute approximate surface area is 146 Å². The normalized spacial score (nSPS) is 12.5. The summed E-state index contributed by atoms with van der Waals surface area (Å²) in [6, 6.07) is 4.08. The van der Waals surface area contributed by atoms with Crippen molar-refractivity contribution in [3.63, 3.8) is 0 Å². The molecule has 1 unspecified atom stereocenters. The first-order valence-corrected chi connectivity index (χ1v) is 9.25. The maximum Gasteiger partial charge on any atom is 0.246 e. The molecule has 0 fully saturated rings. The Kier molecular flexibility index (Phi) is 5.65. The third-order valence-corrected chi connectivity index (χ3v) is 3.96. The zero-order chi connectivity index (χ0) is 18.6. The molecule has 10 heteroatoms. The van der Waals surface area contributed by atoms with Crippen molar-refractivity contribution in [2.75, 3.05) is 30.5 Å². The molecular formula is C15H21N5O4S. The van der Waals surface area contributed by atoms with Gasteiger partial charge in [-0.05, 0) is 19.2 Å². The lowest BCUT2D eigenvalue weighted by atomic mass is 10.1. The number of aryl methyl sites for hydroxylation is 1. The van der Waals surface area contributed by atoms with E-state index in [9.17, 15) is 13.2 Å². The summed E-state index contributed by atoms with van der Waals surface area (Å²) in [6.07, 6.45) is 4.41. The summed E-state index contributed by atoms with van der Waals surface area (Å²) in [5.41, 5.74) is 1.50. The molecule has 0 aliphatic carbocycles. The van der Waals surface area contributed by atoms with E-state index in [1.165, 1.54) is 13.2 Å². The number of methoxy groups -OCH3 is 1. The third kappa shape index (κ3) is 4.94. The van der Waals surface area contributed by atoms with Crippen LogP contribution < -0.4 is 20.1 Å². The number of likely N-dealkylation sites (N-methyl/N-ethyl adjacent to an activating group) is 1. The van der Waals surface area contributed by atoms with Gasteiger partial charge in [0.05, 0.1) is 25.2 Å². The minimum atomic E-state index is -3.43. The van der Waals surface area contributed by atoms with E-state index in [4.69, 9.17) is 4.74 Å². The lowest BCUT2D eigenvalue weighted by Crippen LogP contribution is -2.30. The largest absolute Gasteiger partial charge is 0.494 e. The second-order valence-corrected chi connectivity index (χ2v) is 7.20. The molecular weight excluding hydrogens is 346 g/mol. The molecule has 136 valence electrons. The number of ether oxygens (including phenoxy) is 1. The number of nitrogens with zero attached hydrogens (tertiary/aromatic N) is 2. The van der Waals surface area contributed by atoms with E-state index in [2.05, 4.69) is 20.5 Å². The molecule has 3 N–H and O–H groups in total. The van der Waals surface area contributed by atoms with Crippen LogP contribution in [0.2, 0.25) is 0 Å². The maximum atomic E-state index is 12.5. The molecule has 9 nitrogen and oxygen atoms in total. The van der Waals surface area contributed by atoms with Gasteiger partial charge in [-0.1, -0.05) is 0 Å². The van der Waals surface area contributed by atoms with Crippen LogP contribution in [0.4, 0.5) is 11.4 Å². The minimum Gasteiger partial charge on any atom is -0.494 e. The van der Waals surface area contributed by atoms with Crippen molar-refractivity contribution in [1.29, 1.82) is 0 Å². The highest BCUT2D eigenvalue weighted by Crippen LogP contribution is 2.29. The Morgan fingerprint density at radius 3 is 2.60 bits per heavy atom. The van der Waals surface area contributed by atoms with E-state index < -0.39 is 16.1 Å². The summed E-state index contributed by atoms with van der Waals surface area (Å²) in [5, 5.41) is 9.76. The average molecular weight is 367 g/mol. The number of rotatable bonds is 7. The van der Waals surface area contributed by atoms with Crippen LogP contribution in [0, 0.1) is 0 Å². The number of amides is 1. The molecule has 1 atom stereocenters. The number of benzene rings is 1. The standard InChI is InChI=1S/C15H21N5O4S/c1-16-14(10-8-17-20(2)9-10)15(21)18-11-5-6-12(13(7-11)24-3)19-25(4,22)23/h5-9,14,16,19H,1-4H3,(H,18,21). The fourth-order valence-electron chi connectivity index (χ4n) is 2.31. The Hall–Kier alpha value is -2.59. The molecule has 0 bridgehead atoms. The van der Waals surface area contributed by atoms with Gasteiger partial charge < -0.3 is 15.4 Å². The lowest BCUT2D eigenvalue weighted by Gasteiger charge is -2.16. The van der Waals surface area contributed by atoms with Crippen LogP contribution >= 0.6 is 0 Å². The number of hydrogen-bond donors (Lipinski definition) is 3. The van der Waals surface area contributed by atoms with Crippen LogP contribution in [0.1, 0.15) is 11.6 Å². The van der Waals surface area contributed by atoms with Crippen molar-refractivity contribution in [2.24, 2.45) is 7.05 Å². The van der Waals surface area contributed by atoms with Gasteiger partial charge in [0.15, 0.2) is 0 Å². The monoisotopic (exact) mass is 367 g/mol. The molecule has 1 aromatic heterocycles. The van der Waals surface area contributed by atoms with Crippen LogP contribution in [-0.2, 0) is 21.9 Å². The van der Waals surface area contributed by atoms with Crippen LogP contribution in [0.25, 0.3) is 0 Å². The molecule has 0 radical (unpaired) electrons. The number of carbonyl (C=O) groups excluding carboxylic acids is 1. The van der Waals surface area contributed by atoms with Gasteiger partial charge in [-0.25, -0.2) is 8.42 Å². The Morgan fingerprint density at radius 1 is 1.36 bits per heavy atom. The predicted octanol–water partition coefficient (Wildman–Crippen LogP) is 0.699. The number of anilines is 2. The summed E-state index contributed by atoms with van der Waals surface area (Å²) in [6.45, 7) is 0. The minimum absolute atomic E-state index is 0.277. The topological polar surface area (TPSA) is 114 Å². The lowest BCUT2D eigenvalue weighted by molar-refractivity contribution is -0.118. The van der Waals surface area contributed by atoms with Gasteiger partial charge in [-0.3, -0.25) is 14.2 Å². The van der Waals surface area contributed by atoms with Gasteiger partial charge in [-0.15, -0.1) is 0 Å². The molecule has 1 aromatic carbocycles. The highest BCUT2D eigenvalue weighted by molar-refractivity contribution is 7.92. The Bertz CT molecular complexity index is 863. The molecule has 0 aliphatic rings. The molecule has 0 aliphatic heterocycles. The molecule has 25 heavy (non-hydrogen) atoms. The van der Waals surface area contributed by atoms with Gasteiger partial charge >= 0.3 is 0 Å². The third-order valence-electron chi connectivity index (χ3n) is 3.37. The van der Waals surface area contributed by atoms with E-state index >= 15 is 0 Å². The first kappa shape index (κ1) is 18.7. The van der Waals surface area contributed by atoms with E-state index in [0.29, 0.717) is 17.1 Å². The highest BCUT2D eigenvalue weighted by Gasteiger charge is 2.20. The van der Waals surface area contributed by atoms with Crippen molar-refractivity contribution in [3.8, 4) is 5.75 Å². The first-order chi connectivity index (χ1) is 11.7. The van der Waals surface area contributed by atoms with Crippen LogP contribution in [0.3, 0.4) is 0 Å². The smallest absolute Gasteiger partial charge is 0.246 e. The second-order valence-electron chi connectivity index (χ2n) is 5.45. The highest BCUT2D eigenvalue weighted by atomic mass is 32.2.